The third-order valence-electron chi connectivity index (χ3n) is 2.65. The molecular formula is C13H16N2O3. The third kappa shape index (κ3) is 2.30. The fourth-order valence-electron chi connectivity index (χ4n) is 1.93. The maximum absolute atomic E-state index is 11.9. The predicted octanol–water partition coefficient (Wildman–Crippen LogP) is 2.07. The first-order valence-corrected chi connectivity index (χ1v) is 5.74. The maximum atomic E-state index is 11.9. The standard InChI is InChI=1S/C13H16N2O3/c1-13(2,3)7-15-10-5-4-8(11(16)17)6-9(10)14-12(15)18/h4-6H,7H2,1-3H3,(H,14,18)(H,16,17). The molecule has 96 valence electrons. The number of hydrogen-bond acceptors (Lipinski definition) is 2. The summed E-state index contributed by atoms with van der Waals surface area (Å²) >= 11 is 0. The van der Waals surface area contributed by atoms with Crippen LogP contribution in [-0.2, 0) is 6.54 Å². The number of nitrogens with zero attached hydrogens (tertiary/aromatic N) is 1. The smallest absolute Gasteiger partial charge is 0.335 e. The molecule has 0 atom stereocenters. The van der Waals surface area contributed by atoms with Gasteiger partial charge in [-0.15, -0.1) is 0 Å². The molecule has 2 rings (SSSR count). The van der Waals surface area contributed by atoms with Crippen molar-refractivity contribution in [2.75, 3.05) is 0 Å². The minimum absolute atomic E-state index is 0.0234. The monoisotopic (exact) mass is 248 g/mol. The van der Waals surface area contributed by atoms with Crippen molar-refractivity contribution in [1.29, 1.82) is 0 Å². The van der Waals surface area contributed by atoms with Crippen LogP contribution >= 0.6 is 0 Å². The molecular weight excluding hydrogens is 232 g/mol. The number of carboxylic acid groups (broad SMARTS) is 1. The molecule has 0 aliphatic rings. The van der Waals surface area contributed by atoms with Gasteiger partial charge in [0.2, 0.25) is 0 Å². The van der Waals surface area contributed by atoms with E-state index in [1.54, 1.807) is 10.6 Å². The molecule has 18 heavy (non-hydrogen) atoms. The second-order valence-corrected chi connectivity index (χ2v) is 5.61. The molecule has 2 N–H and O–H groups in total. The summed E-state index contributed by atoms with van der Waals surface area (Å²) in [4.78, 5) is 25.4. The van der Waals surface area contributed by atoms with Crippen molar-refractivity contribution < 1.29 is 9.90 Å². The molecule has 0 radical (unpaired) electrons. The highest BCUT2D eigenvalue weighted by Gasteiger charge is 2.16. The molecule has 1 aromatic carbocycles. The Labute approximate surface area is 104 Å². The number of fused-ring (bicyclic) bond motifs is 1. The Morgan fingerprint density at radius 3 is 2.61 bits per heavy atom. The number of imidazole rings is 1. The lowest BCUT2D eigenvalue weighted by Gasteiger charge is -2.18. The van der Waals surface area contributed by atoms with E-state index in [1.807, 2.05) is 20.8 Å². The van der Waals surface area contributed by atoms with E-state index in [0.29, 0.717) is 12.1 Å². The van der Waals surface area contributed by atoms with Gasteiger partial charge >= 0.3 is 11.7 Å². The van der Waals surface area contributed by atoms with Gasteiger partial charge in [0.05, 0.1) is 16.6 Å². The molecule has 1 aromatic heterocycles. The predicted molar refractivity (Wildman–Crippen MR) is 69.0 cm³/mol. The second-order valence-electron chi connectivity index (χ2n) is 5.61. The zero-order valence-electron chi connectivity index (χ0n) is 10.7. The van der Waals surface area contributed by atoms with Gasteiger partial charge in [0.15, 0.2) is 0 Å². The van der Waals surface area contributed by atoms with E-state index in [1.165, 1.54) is 12.1 Å². The van der Waals surface area contributed by atoms with E-state index in [4.69, 9.17) is 5.11 Å². The molecule has 5 nitrogen and oxygen atoms in total. The zero-order chi connectivity index (χ0) is 13.5. The SMILES string of the molecule is CC(C)(C)Cn1c(=O)[nH]c2cc(C(=O)O)ccc21. The number of H-pyrrole nitrogens is 1. The van der Waals surface area contributed by atoms with Gasteiger partial charge in [-0.3, -0.25) is 4.57 Å². The zero-order valence-corrected chi connectivity index (χ0v) is 10.7. The van der Waals surface area contributed by atoms with Gasteiger partial charge in [-0.2, -0.15) is 0 Å². The van der Waals surface area contributed by atoms with Crippen LogP contribution in [0.2, 0.25) is 0 Å². The van der Waals surface area contributed by atoms with Crippen LogP contribution in [0.1, 0.15) is 31.1 Å². The maximum Gasteiger partial charge on any atom is 0.335 e. The highest BCUT2D eigenvalue weighted by Crippen LogP contribution is 2.19. The molecule has 0 aliphatic carbocycles. The van der Waals surface area contributed by atoms with Crippen LogP contribution < -0.4 is 5.69 Å². The number of benzene rings is 1. The molecule has 0 spiro atoms. The molecule has 0 saturated heterocycles. The van der Waals surface area contributed by atoms with Crippen molar-refractivity contribution in [2.24, 2.45) is 5.41 Å². The Kier molecular flexibility index (Phi) is 2.77. The molecule has 0 saturated carbocycles. The number of nitrogens with one attached hydrogen (secondary N) is 1. The van der Waals surface area contributed by atoms with Crippen LogP contribution in [0.25, 0.3) is 11.0 Å². The molecule has 5 heteroatoms. The Bertz CT molecular complexity index is 659. The average Bonchev–Trinajstić information content (AvgIpc) is 2.52. The number of carboxylic acids is 1. The minimum atomic E-state index is -0.999. The third-order valence-corrected chi connectivity index (χ3v) is 2.65. The summed E-state index contributed by atoms with van der Waals surface area (Å²) in [6.45, 7) is 6.72. The van der Waals surface area contributed by atoms with Crippen molar-refractivity contribution in [2.45, 2.75) is 27.3 Å². The number of aromatic amines is 1. The summed E-state index contributed by atoms with van der Waals surface area (Å²) in [5.74, 6) is -0.999. The van der Waals surface area contributed by atoms with Gasteiger partial charge in [0, 0.05) is 6.54 Å². The van der Waals surface area contributed by atoms with Crippen LogP contribution in [0.4, 0.5) is 0 Å². The highest BCUT2D eigenvalue weighted by molar-refractivity contribution is 5.92. The van der Waals surface area contributed by atoms with E-state index in [2.05, 4.69) is 4.98 Å². The Balaban J connectivity index is 2.59. The summed E-state index contributed by atoms with van der Waals surface area (Å²) in [5, 5.41) is 8.91. The number of aromatic nitrogens is 2. The summed E-state index contributed by atoms with van der Waals surface area (Å²) in [7, 11) is 0. The van der Waals surface area contributed by atoms with Crippen molar-refractivity contribution in [3.05, 3.63) is 34.2 Å². The van der Waals surface area contributed by atoms with E-state index < -0.39 is 5.97 Å². The fourth-order valence-corrected chi connectivity index (χ4v) is 1.93. The van der Waals surface area contributed by atoms with Crippen LogP contribution in [0, 0.1) is 5.41 Å². The van der Waals surface area contributed by atoms with Gasteiger partial charge in [-0.1, -0.05) is 20.8 Å². The summed E-state index contributed by atoms with van der Waals surface area (Å²) < 4.78 is 1.64. The average molecular weight is 248 g/mol. The first-order valence-electron chi connectivity index (χ1n) is 5.74. The molecule has 0 bridgehead atoms. The van der Waals surface area contributed by atoms with Crippen molar-refractivity contribution in [1.82, 2.24) is 9.55 Å². The van der Waals surface area contributed by atoms with Gasteiger partial charge in [0.1, 0.15) is 0 Å². The van der Waals surface area contributed by atoms with Gasteiger partial charge in [-0.25, -0.2) is 9.59 Å². The fraction of sp³-hybridized carbons (Fsp3) is 0.385. The van der Waals surface area contributed by atoms with Crippen molar-refractivity contribution in [3.63, 3.8) is 0 Å². The van der Waals surface area contributed by atoms with E-state index in [-0.39, 0.29) is 16.7 Å². The van der Waals surface area contributed by atoms with Crippen molar-refractivity contribution in [3.8, 4) is 0 Å². The van der Waals surface area contributed by atoms with Crippen LogP contribution in [-0.4, -0.2) is 20.6 Å². The van der Waals surface area contributed by atoms with Gasteiger partial charge in [0.25, 0.3) is 0 Å². The lowest BCUT2D eigenvalue weighted by Crippen LogP contribution is -2.24. The normalized spacial score (nSPS) is 11.9. The van der Waals surface area contributed by atoms with Gasteiger partial charge in [-0.05, 0) is 23.6 Å². The van der Waals surface area contributed by atoms with Crippen LogP contribution in [0.5, 0.6) is 0 Å². The van der Waals surface area contributed by atoms with Gasteiger partial charge < -0.3 is 10.1 Å². The molecule has 1 heterocycles. The Morgan fingerprint density at radius 1 is 1.39 bits per heavy atom. The van der Waals surface area contributed by atoms with E-state index in [0.717, 1.165) is 5.52 Å². The number of hydrogen-bond donors (Lipinski definition) is 2. The molecule has 0 aliphatic heterocycles. The summed E-state index contributed by atoms with van der Waals surface area (Å²) in [5.41, 5.74) is 1.24. The minimum Gasteiger partial charge on any atom is -0.478 e. The van der Waals surface area contributed by atoms with Crippen LogP contribution in [0.3, 0.4) is 0 Å². The largest absolute Gasteiger partial charge is 0.478 e. The molecule has 0 amide bonds. The number of aromatic carboxylic acids is 1. The first kappa shape index (κ1) is 12.4. The van der Waals surface area contributed by atoms with Crippen LogP contribution in [0.15, 0.2) is 23.0 Å². The van der Waals surface area contributed by atoms with E-state index in [9.17, 15) is 9.59 Å². The number of carbonyl (C=O) groups is 1. The Hall–Kier alpha value is -2.04. The second kappa shape index (κ2) is 4.01. The summed E-state index contributed by atoms with van der Waals surface area (Å²) in [6.07, 6.45) is 0. The first-order chi connectivity index (χ1) is 8.28. The number of rotatable bonds is 2. The molecule has 2 aromatic rings. The molecule has 0 fully saturated rings. The quantitative estimate of drug-likeness (QED) is 0.854. The summed E-state index contributed by atoms with van der Waals surface area (Å²) in [6, 6.07) is 4.66. The van der Waals surface area contributed by atoms with Crippen molar-refractivity contribution >= 4 is 17.0 Å². The topological polar surface area (TPSA) is 75.1 Å². The lowest BCUT2D eigenvalue weighted by molar-refractivity contribution is 0.0697. The molecule has 0 unspecified atom stereocenters. The van der Waals surface area contributed by atoms with E-state index >= 15 is 0 Å². The highest BCUT2D eigenvalue weighted by atomic mass is 16.4. The Morgan fingerprint density at radius 2 is 2.06 bits per heavy atom. The lowest BCUT2D eigenvalue weighted by atomic mass is 9.97.